The molecule has 0 bridgehead atoms. The number of benzene rings is 11. The standard InChI is InChI=1S/C85H67N7/c1-48-21-29-71-61(37-48)62-38-49(2)22-30-72(62)89(71)81-79(60-45-56(9)86-57(10)46-60)82(90-73-31-23-50(3)39-63(73)64-40-51(4)24-32-74(64)90)84(92-77-35-27-54(7)43-67(77)68-44-55(8)28-36-78(68)92)83(91-75-33-25-52(5)41-65(75)66-42-53(6)26-34-76(66)91)80(81)70-47-69(58-17-13-11-14-18-58)87-85(88-70)59-19-15-12-16-20-59/h11-47H,1-10H3. The van der Waals surface area contributed by atoms with E-state index in [1.54, 1.807) is 0 Å². The molecular weight excluding hydrogens is 1120 g/mol. The van der Waals surface area contributed by atoms with Crippen molar-refractivity contribution in [3.63, 3.8) is 0 Å². The largest absolute Gasteiger partial charge is 0.308 e. The van der Waals surface area contributed by atoms with Crippen molar-refractivity contribution < 1.29 is 0 Å². The zero-order valence-electron chi connectivity index (χ0n) is 53.5. The van der Waals surface area contributed by atoms with Gasteiger partial charge < -0.3 is 18.3 Å². The van der Waals surface area contributed by atoms with Crippen LogP contribution in [0.2, 0.25) is 0 Å². The van der Waals surface area contributed by atoms with Crippen LogP contribution < -0.4 is 0 Å². The molecule has 7 heteroatoms. The van der Waals surface area contributed by atoms with E-state index < -0.39 is 0 Å². The van der Waals surface area contributed by atoms with Crippen LogP contribution in [0.3, 0.4) is 0 Å². The highest BCUT2D eigenvalue weighted by molar-refractivity contribution is 6.19. The predicted octanol–water partition coefficient (Wildman–Crippen LogP) is 22.0. The molecule has 0 saturated carbocycles. The van der Waals surface area contributed by atoms with Gasteiger partial charge in [-0.1, -0.05) is 154 Å². The number of aromatic nitrogens is 7. The lowest BCUT2D eigenvalue weighted by atomic mass is 9.90. The van der Waals surface area contributed by atoms with Gasteiger partial charge in [0.05, 0.1) is 83.8 Å². The van der Waals surface area contributed by atoms with Crippen molar-refractivity contribution in [3.05, 3.63) is 280 Å². The van der Waals surface area contributed by atoms with Crippen molar-refractivity contribution in [2.75, 3.05) is 0 Å². The van der Waals surface area contributed by atoms with E-state index >= 15 is 0 Å². The van der Waals surface area contributed by atoms with Crippen molar-refractivity contribution in [2.24, 2.45) is 0 Å². The number of hydrogen-bond donors (Lipinski definition) is 0. The maximum absolute atomic E-state index is 6.10. The topological polar surface area (TPSA) is 58.4 Å². The predicted molar refractivity (Wildman–Crippen MR) is 386 cm³/mol. The van der Waals surface area contributed by atoms with Crippen molar-refractivity contribution in [3.8, 4) is 67.8 Å². The minimum absolute atomic E-state index is 0.625. The molecule has 0 aliphatic rings. The SMILES string of the molecule is Cc1ccc2c(c1)c1cc(C)ccc1n2-c1c(-c2cc(C)nc(C)c2)c(-n2c3ccc(C)cc3c3cc(C)ccc32)c(-n2c3ccc(C)cc3c3cc(C)ccc32)c(-n2c3ccc(C)cc3c3cc(C)ccc32)c1-c1cc(-c2ccccc2)nc(-c2ccccc2)n1. The summed E-state index contributed by atoms with van der Waals surface area (Å²) in [6.45, 7) is 22.0. The summed E-state index contributed by atoms with van der Waals surface area (Å²) in [5.74, 6) is 0.625. The average molecular weight is 1190 g/mol. The van der Waals surface area contributed by atoms with Crippen LogP contribution in [0, 0.1) is 69.2 Å². The number of hydrogen-bond acceptors (Lipinski definition) is 3. The van der Waals surface area contributed by atoms with Gasteiger partial charge in [0.25, 0.3) is 0 Å². The Morgan fingerprint density at radius 2 is 0.500 bits per heavy atom. The highest BCUT2D eigenvalue weighted by Gasteiger charge is 2.37. The van der Waals surface area contributed by atoms with E-state index in [9.17, 15) is 0 Å². The summed E-state index contributed by atoms with van der Waals surface area (Å²) in [4.78, 5) is 16.9. The first-order chi connectivity index (χ1) is 44.7. The number of nitrogens with zero attached hydrogens (tertiary/aromatic N) is 7. The molecule has 0 fully saturated rings. The fourth-order valence-corrected chi connectivity index (χ4v) is 15.1. The van der Waals surface area contributed by atoms with Crippen LogP contribution in [0.4, 0.5) is 0 Å². The summed E-state index contributed by atoms with van der Waals surface area (Å²) < 4.78 is 10.5. The second kappa shape index (κ2) is 20.7. The molecule has 0 aliphatic heterocycles. The van der Waals surface area contributed by atoms with Crippen LogP contribution in [0.5, 0.6) is 0 Å². The molecule has 0 radical (unpaired) electrons. The quantitative estimate of drug-likeness (QED) is 0.152. The van der Waals surface area contributed by atoms with E-state index in [1.807, 2.05) is 0 Å². The molecule has 11 aromatic carbocycles. The number of aryl methyl sites for hydroxylation is 10. The number of pyridine rings is 1. The molecule has 0 unspecified atom stereocenters. The molecule has 0 atom stereocenters. The normalized spacial score (nSPS) is 12.0. The molecular formula is C85H67N7. The molecule has 0 spiro atoms. The van der Waals surface area contributed by atoms with Crippen LogP contribution in [0.15, 0.2) is 224 Å². The Morgan fingerprint density at radius 1 is 0.217 bits per heavy atom. The fourth-order valence-electron chi connectivity index (χ4n) is 15.1. The Hall–Kier alpha value is -11.2. The summed E-state index contributed by atoms with van der Waals surface area (Å²) in [6.07, 6.45) is 0. The molecule has 17 aromatic rings. The first-order valence-electron chi connectivity index (χ1n) is 32.0. The lowest BCUT2D eigenvalue weighted by Gasteiger charge is -2.31. The molecule has 0 N–H and O–H groups in total. The first kappa shape index (κ1) is 55.0. The Balaban J connectivity index is 1.28. The highest BCUT2D eigenvalue weighted by atomic mass is 15.1. The third kappa shape index (κ3) is 8.52. The van der Waals surface area contributed by atoms with Gasteiger partial charge in [0.1, 0.15) is 0 Å². The Morgan fingerprint density at radius 3 is 0.837 bits per heavy atom. The van der Waals surface area contributed by atoms with Gasteiger partial charge in [-0.3, -0.25) is 4.98 Å². The van der Waals surface area contributed by atoms with E-state index in [0.717, 1.165) is 117 Å². The van der Waals surface area contributed by atoms with Gasteiger partial charge in [0.2, 0.25) is 0 Å². The molecule has 0 saturated heterocycles. The highest BCUT2D eigenvalue weighted by Crippen LogP contribution is 2.55. The monoisotopic (exact) mass is 1190 g/mol. The number of rotatable bonds is 8. The average Bonchev–Trinajstić information content (AvgIpc) is 1.39. The zero-order valence-corrected chi connectivity index (χ0v) is 53.5. The van der Waals surface area contributed by atoms with Crippen LogP contribution in [-0.2, 0) is 0 Å². The lowest BCUT2D eigenvalue weighted by molar-refractivity contribution is 1.03. The Bertz CT molecular complexity index is 5670. The van der Waals surface area contributed by atoms with Crippen molar-refractivity contribution in [2.45, 2.75) is 69.2 Å². The van der Waals surface area contributed by atoms with Gasteiger partial charge in [-0.05, 0) is 190 Å². The van der Waals surface area contributed by atoms with Crippen molar-refractivity contribution in [1.29, 1.82) is 0 Å². The lowest BCUT2D eigenvalue weighted by Crippen LogP contribution is -2.16. The van der Waals surface area contributed by atoms with E-state index in [1.165, 1.54) is 87.6 Å². The summed E-state index contributed by atoms with van der Waals surface area (Å²) in [7, 11) is 0. The summed E-state index contributed by atoms with van der Waals surface area (Å²) in [5.41, 5.74) is 30.5. The van der Waals surface area contributed by atoms with Crippen molar-refractivity contribution >= 4 is 87.2 Å². The molecule has 0 aliphatic carbocycles. The molecule has 442 valence electrons. The van der Waals surface area contributed by atoms with Gasteiger partial charge in [-0.25, -0.2) is 9.97 Å². The van der Waals surface area contributed by atoms with Crippen molar-refractivity contribution in [1.82, 2.24) is 33.2 Å². The molecule has 92 heavy (non-hydrogen) atoms. The van der Waals surface area contributed by atoms with Gasteiger partial charge in [-0.2, -0.15) is 0 Å². The second-order valence-corrected chi connectivity index (χ2v) is 26.0. The van der Waals surface area contributed by atoms with Crippen LogP contribution in [0.25, 0.3) is 155 Å². The minimum Gasteiger partial charge on any atom is -0.308 e. The summed E-state index contributed by atoms with van der Waals surface area (Å²) in [6, 6.07) is 84.4. The van der Waals surface area contributed by atoms with E-state index in [2.05, 4.69) is 312 Å². The van der Waals surface area contributed by atoms with Crippen LogP contribution in [-0.4, -0.2) is 33.2 Å². The molecule has 6 aromatic heterocycles. The van der Waals surface area contributed by atoms with E-state index in [-0.39, 0.29) is 0 Å². The molecule has 0 amide bonds. The van der Waals surface area contributed by atoms with Gasteiger partial charge in [-0.15, -0.1) is 0 Å². The minimum atomic E-state index is 0.625. The molecule has 7 nitrogen and oxygen atoms in total. The van der Waals surface area contributed by atoms with Gasteiger partial charge in [0, 0.05) is 71.2 Å². The van der Waals surface area contributed by atoms with E-state index in [4.69, 9.17) is 15.0 Å². The maximum Gasteiger partial charge on any atom is 0.160 e. The Kier molecular flexibility index (Phi) is 12.4. The maximum atomic E-state index is 6.10. The summed E-state index contributed by atoms with van der Waals surface area (Å²) in [5, 5.41) is 9.42. The fraction of sp³-hybridized carbons (Fsp3) is 0.118. The van der Waals surface area contributed by atoms with Gasteiger partial charge in [0.15, 0.2) is 5.82 Å². The smallest absolute Gasteiger partial charge is 0.160 e. The third-order valence-corrected chi connectivity index (χ3v) is 19.0. The molecule has 17 rings (SSSR count). The second-order valence-electron chi connectivity index (χ2n) is 26.0. The first-order valence-corrected chi connectivity index (χ1v) is 32.0. The Labute approximate surface area is 534 Å². The van der Waals surface area contributed by atoms with E-state index in [0.29, 0.717) is 5.82 Å². The third-order valence-electron chi connectivity index (χ3n) is 19.0. The van der Waals surface area contributed by atoms with Crippen LogP contribution in [0.1, 0.15) is 55.9 Å². The zero-order chi connectivity index (χ0) is 62.5. The molecule has 6 heterocycles. The summed E-state index contributed by atoms with van der Waals surface area (Å²) >= 11 is 0. The van der Waals surface area contributed by atoms with Crippen LogP contribution >= 0.6 is 0 Å². The number of fused-ring (bicyclic) bond motifs is 12. The van der Waals surface area contributed by atoms with Gasteiger partial charge >= 0.3 is 0 Å².